The molecule has 0 saturated heterocycles. The van der Waals surface area contributed by atoms with Crippen LogP contribution < -0.4 is 9.62 Å². The van der Waals surface area contributed by atoms with Crippen LogP contribution in [0.15, 0.2) is 70.0 Å². The van der Waals surface area contributed by atoms with Crippen LogP contribution in [0.25, 0.3) is 10.1 Å². The summed E-state index contributed by atoms with van der Waals surface area (Å²) in [5.41, 5.74) is 4.58. The molecule has 0 aliphatic rings. The Labute approximate surface area is 212 Å². The SMILES string of the molecule is CCN(c1ccc2sc(C(=O)Nc3c(C)cc(C)cc3C)cc2c1)S(=O)(=O)c1ccc(Br)cc1. The number of carbonyl (C=O) groups is 1. The number of aryl methyl sites for hydroxylation is 3. The highest BCUT2D eigenvalue weighted by Crippen LogP contribution is 2.33. The van der Waals surface area contributed by atoms with Crippen LogP contribution in [0, 0.1) is 20.8 Å². The van der Waals surface area contributed by atoms with E-state index < -0.39 is 10.0 Å². The molecule has 1 aromatic heterocycles. The van der Waals surface area contributed by atoms with Gasteiger partial charge in [0.25, 0.3) is 15.9 Å². The van der Waals surface area contributed by atoms with Gasteiger partial charge in [0, 0.05) is 21.4 Å². The standard InChI is InChI=1S/C26H25BrN2O3S2/c1-5-29(34(31,32)22-9-6-20(27)7-10-22)21-8-11-23-19(14-21)15-24(33-23)26(30)28-25-17(3)12-16(2)13-18(25)4/h6-15H,5H2,1-4H3,(H,28,30). The Kier molecular flexibility index (Phi) is 6.85. The molecule has 1 amide bonds. The fourth-order valence-corrected chi connectivity index (χ4v) is 6.74. The molecule has 0 atom stereocenters. The third-order valence-corrected chi connectivity index (χ3v) is 9.18. The molecule has 0 fully saturated rings. The molecule has 0 aliphatic heterocycles. The molecule has 176 valence electrons. The lowest BCUT2D eigenvalue weighted by molar-refractivity contribution is 0.103. The van der Waals surface area contributed by atoms with Crippen LogP contribution in [0.5, 0.6) is 0 Å². The third kappa shape index (κ3) is 4.76. The van der Waals surface area contributed by atoms with E-state index in [1.807, 2.05) is 51.1 Å². The second-order valence-corrected chi connectivity index (χ2v) is 12.0. The highest BCUT2D eigenvalue weighted by atomic mass is 79.9. The number of halogens is 1. The van der Waals surface area contributed by atoms with Gasteiger partial charge in [-0.2, -0.15) is 0 Å². The first-order valence-electron chi connectivity index (χ1n) is 10.8. The lowest BCUT2D eigenvalue weighted by atomic mass is 10.1. The van der Waals surface area contributed by atoms with Crippen molar-refractivity contribution in [3.63, 3.8) is 0 Å². The number of anilines is 2. The normalized spacial score (nSPS) is 11.6. The predicted octanol–water partition coefficient (Wildman–Crippen LogP) is 7.06. The average molecular weight is 558 g/mol. The Balaban J connectivity index is 1.65. The number of thiophene rings is 1. The lowest BCUT2D eigenvalue weighted by Crippen LogP contribution is -2.30. The Hall–Kier alpha value is -2.68. The minimum Gasteiger partial charge on any atom is -0.321 e. The number of nitrogens with zero attached hydrogens (tertiary/aromatic N) is 1. The number of carbonyl (C=O) groups excluding carboxylic acids is 1. The van der Waals surface area contributed by atoms with Gasteiger partial charge in [-0.3, -0.25) is 9.10 Å². The van der Waals surface area contributed by atoms with Crippen LogP contribution in [0.4, 0.5) is 11.4 Å². The van der Waals surface area contributed by atoms with Gasteiger partial charge in [0.05, 0.1) is 15.5 Å². The van der Waals surface area contributed by atoms with Gasteiger partial charge in [-0.25, -0.2) is 8.42 Å². The number of benzene rings is 3. The summed E-state index contributed by atoms with van der Waals surface area (Å²) in [6.07, 6.45) is 0. The molecule has 3 aromatic carbocycles. The maximum absolute atomic E-state index is 13.3. The molecular formula is C26H25BrN2O3S2. The summed E-state index contributed by atoms with van der Waals surface area (Å²) in [5, 5.41) is 3.87. The molecule has 0 unspecified atom stereocenters. The van der Waals surface area contributed by atoms with Crippen LogP contribution in [0.2, 0.25) is 0 Å². The summed E-state index contributed by atoms with van der Waals surface area (Å²) in [7, 11) is -3.72. The first-order valence-corrected chi connectivity index (χ1v) is 13.9. The first-order chi connectivity index (χ1) is 16.1. The molecule has 34 heavy (non-hydrogen) atoms. The monoisotopic (exact) mass is 556 g/mol. The maximum Gasteiger partial charge on any atom is 0.265 e. The number of hydrogen-bond acceptors (Lipinski definition) is 4. The van der Waals surface area contributed by atoms with Gasteiger partial charge in [0.15, 0.2) is 0 Å². The zero-order valence-electron chi connectivity index (χ0n) is 19.3. The molecule has 1 N–H and O–H groups in total. The minimum atomic E-state index is -3.72. The van der Waals surface area contributed by atoms with Crippen molar-refractivity contribution in [2.24, 2.45) is 0 Å². The molecule has 8 heteroatoms. The van der Waals surface area contributed by atoms with Crippen LogP contribution in [0.1, 0.15) is 33.3 Å². The Morgan fingerprint density at radius 2 is 1.62 bits per heavy atom. The molecule has 0 saturated carbocycles. The van der Waals surface area contributed by atoms with Gasteiger partial charge >= 0.3 is 0 Å². The molecule has 5 nitrogen and oxygen atoms in total. The summed E-state index contributed by atoms with van der Waals surface area (Å²) in [6.45, 7) is 8.09. The van der Waals surface area contributed by atoms with E-state index in [2.05, 4.69) is 21.2 Å². The van der Waals surface area contributed by atoms with Crippen molar-refractivity contribution >= 4 is 64.7 Å². The smallest absolute Gasteiger partial charge is 0.265 e. The molecule has 1 heterocycles. The second-order valence-electron chi connectivity index (χ2n) is 8.18. The van der Waals surface area contributed by atoms with E-state index >= 15 is 0 Å². The van der Waals surface area contributed by atoms with Crippen LogP contribution in [-0.2, 0) is 10.0 Å². The van der Waals surface area contributed by atoms with Gasteiger partial charge in [0.1, 0.15) is 0 Å². The third-order valence-electron chi connectivity index (χ3n) is 5.62. The van der Waals surface area contributed by atoms with Gasteiger partial charge < -0.3 is 5.32 Å². The number of fused-ring (bicyclic) bond motifs is 1. The molecule has 0 aliphatic carbocycles. The molecule has 0 spiro atoms. The van der Waals surface area contributed by atoms with E-state index in [0.29, 0.717) is 10.6 Å². The van der Waals surface area contributed by atoms with Crippen molar-refractivity contribution < 1.29 is 13.2 Å². The number of rotatable bonds is 6. The molecule has 0 radical (unpaired) electrons. The largest absolute Gasteiger partial charge is 0.321 e. The zero-order chi connectivity index (χ0) is 24.6. The highest BCUT2D eigenvalue weighted by molar-refractivity contribution is 9.10. The summed E-state index contributed by atoms with van der Waals surface area (Å²) in [4.78, 5) is 13.8. The topological polar surface area (TPSA) is 66.5 Å². The van der Waals surface area contributed by atoms with Crippen molar-refractivity contribution in [3.8, 4) is 0 Å². The number of sulfonamides is 1. The van der Waals surface area contributed by atoms with Crippen molar-refractivity contribution in [3.05, 3.63) is 86.7 Å². The Morgan fingerprint density at radius 1 is 0.971 bits per heavy atom. The average Bonchev–Trinajstić information content (AvgIpc) is 3.20. The van der Waals surface area contributed by atoms with Crippen molar-refractivity contribution in [1.82, 2.24) is 0 Å². The van der Waals surface area contributed by atoms with E-state index in [1.165, 1.54) is 15.6 Å². The van der Waals surface area contributed by atoms with E-state index in [1.54, 1.807) is 37.3 Å². The fourth-order valence-electron chi connectivity index (χ4n) is 4.08. The van der Waals surface area contributed by atoms with E-state index in [-0.39, 0.29) is 17.3 Å². The minimum absolute atomic E-state index is 0.173. The number of nitrogens with one attached hydrogen (secondary N) is 1. The van der Waals surface area contributed by atoms with Gasteiger partial charge in [-0.05, 0) is 92.7 Å². The molecular weight excluding hydrogens is 532 g/mol. The summed E-state index contributed by atoms with van der Waals surface area (Å²) in [5.74, 6) is -0.173. The van der Waals surface area contributed by atoms with Gasteiger partial charge in [0.2, 0.25) is 0 Å². The van der Waals surface area contributed by atoms with Crippen LogP contribution >= 0.6 is 27.3 Å². The van der Waals surface area contributed by atoms with E-state index in [4.69, 9.17) is 0 Å². The van der Waals surface area contributed by atoms with E-state index in [0.717, 1.165) is 36.9 Å². The molecule has 4 rings (SSSR count). The van der Waals surface area contributed by atoms with E-state index in [9.17, 15) is 13.2 Å². The van der Waals surface area contributed by atoms with Crippen LogP contribution in [-0.4, -0.2) is 20.9 Å². The Morgan fingerprint density at radius 3 is 2.24 bits per heavy atom. The van der Waals surface area contributed by atoms with Gasteiger partial charge in [-0.1, -0.05) is 33.6 Å². The fraction of sp³-hybridized carbons (Fsp3) is 0.192. The maximum atomic E-state index is 13.3. The van der Waals surface area contributed by atoms with Crippen molar-refractivity contribution in [2.45, 2.75) is 32.6 Å². The van der Waals surface area contributed by atoms with Crippen molar-refractivity contribution in [1.29, 1.82) is 0 Å². The molecule has 0 bridgehead atoms. The second kappa shape index (κ2) is 9.52. The lowest BCUT2D eigenvalue weighted by Gasteiger charge is -2.23. The van der Waals surface area contributed by atoms with Crippen LogP contribution in [0.3, 0.4) is 0 Å². The quantitative estimate of drug-likeness (QED) is 0.276. The zero-order valence-corrected chi connectivity index (χ0v) is 22.6. The summed E-state index contributed by atoms with van der Waals surface area (Å²) < 4.78 is 29.6. The summed E-state index contributed by atoms with van der Waals surface area (Å²) in [6, 6.07) is 18.0. The summed E-state index contributed by atoms with van der Waals surface area (Å²) >= 11 is 4.73. The first kappa shape index (κ1) is 24.4. The number of hydrogen-bond donors (Lipinski definition) is 1. The number of amides is 1. The van der Waals surface area contributed by atoms with Gasteiger partial charge in [-0.15, -0.1) is 11.3 Å². The highest BCUT2D eigenvalue weighted by Gasteiger charge is 2.24. The predicted molar refractivity (Wildman–Crippen MR) is 145 cm³/mol. The van der Waals surface area contributed by atoms with Crippen molar-refractivity contribution in [2.75, 3.05) is 16.2 Å². The Bertz CT molecular complexity index is 1470. The molecule has 4 aromatic rings.